The highest BCUT2D eigenvalue weighted by Gasteiger charge is 2.20. The Bertz CT molecular complexity index is 833. The summed E-state index contributed by atoms with van der Waals surface area (Å²) in [5.74, 6) is 0.312. The molecule has 156 valence electrons. The first-order valence-corrected chi connectivity index (χ1v) is 10.1. The zero-order chi connectivity index (χ0) is 20.8. The van der Waals surface area contributed by atoms with E-state index in [0.717, 1.165) is 43.0 Å². The smallest absolute Gasteiger partial charge is 0.238 e. The normalized spacial score (nSPS) is 15.5. The summed E-state index contributed by atoms with van der Waals surface area (Å²) < 4.78 is 18.8. The quantitative estimate of drug-likeness (QED) is 0.771. The molecule has 2 aromatic carbocycles. The van der Waals surface area contributed by atoms with Gasteiger partial charge < -0.3 is 10.1 Å². The average molecular weight is 400 g/mol. The number of para-hydroxylation sites is 1. The van der Waals surface area contributed by atoms with Crippen LogP contribution in [0.1, 0.15) is 30.9 Å². The van der Waals surface area contributed by atoms with Gasteiger partial charge in [-0.15, -0.1) is 0 Å². The van der Waals surface area contributed by atoms with E-state index < -0.39 is 0 Å². The minimum Gasteiger partial charge on any atom is -0.494 e. The van der Waals surface area contributed by atoms with E-state index in [1.807, 2.05) is 24.3 Å². The number of ether oxygens (including phenoxy) is 1. The molecule has 1 aliphatic heterocycles. The number of nitrogens with one attached hydrogen (secondary N) is 1. The van der Waals surface area contributed by atoms with Crippen molar-refractivity contribution in [1.82, 2.24) is 9.80 Å². The SMILES string of the molecule is COc1ccc(CN2CCN(CC(=O)Nc3ccccc3C(C)C)CC2)cc1F. The summed E-state index contributed by atoms with van der Waals surface area (Å²) in [7, 11) is 1.47. The van der Waals surface area contributed by atoms with Crippen LogP contribution < -0.4 is 10.1 Å². The number of nitrogens with zero attached hydrogens (tertiary/aromatic N) is 2. The minimum atomic E-state index is -0.331. The third kappa shape index (κ3) is 5.78. The molecule has 29 heavy (non-hydrogen) atoms. The first-order valence-electron chi connectivity index (χ1n) is 10.1. The highest BCUT2D eigenvalue weighted by Crippen LogP contribution is 2.23. The van der Waals surface area contributed by atoms with Crippen LogP contribution in [0.3, 0.4) is 0 Å². The number of rotatable bonds is 7. The molecule has 1 N–H and O–H groups in total. The Hall–Kier alpha value is -2.44. The number of benzene rings is 2. The maximum absolute atomic E-state index is 13.9. The molecule has 6 heteroatoms. The van der Waals surface area contributed by atoms with Gasteiger partial charge in [-0.2, -0.15) is 0 Å². The van der Waals surface area contributed by atoms with Gasteiger partial charge in [0.1, 0.15) is 0 Å². The van der Waals surface area contributed by atoms with Crippen LogP contribution in [0.2, 0.25) is 0 Å². The lowest BCUT2D eigenvalue weighted by atomic mass is 10.0. The van der Waals surface area contributed by atoms with Gasteiger partial charge in [-0.1, -0.05) is 38.1 Å². The Kier molecular flexibility index (Phi) is 7.23. The summed E-state index contributed by atoms with van der Waals surface area (Å²) >= 11 is 0. The fourth-order valence-corrected chi connectivity index (χ4v) is 3.68. The summed E-state index contributed by atoms with van der Waals surface area (Å²) in [6, 6.07) is 13.1. The van der Waals surface area contributed by atoms with Crippen molar-refractivity contribution in [1.29, 1.82) is 0 Å². The van der Waals surface area contributed by atoms with Gasteiger partial charge in [0.05, 0.1) is 13.7 Å². The predicted molar refractivity (Wildman–Crippen MR) is 114 cm³/mol. The molecule has 1 fully saturated rings. The molecule has 1 saturated heterocycles. The molecule has 0 aromatic heterocycles. The number of halogens is 1. The number of hydrogen-bond donors (Lipinski definition) is 1. The molecule has 0 atom stereocenters. The van der Waals surface area contributed by atoms with Crippen molar-refractivity contribution in [3.05, 3.63) is 59.4 Å². The fourth-order valence-electron chi connectivity index (χ4n) is 3.68. The Labute approximate surface area is 172 Å². The average Bonchev–Trinajstić information content (AvgIpc) is 2.70. The van der Waals surface area contributed by atoms with Crippen LogP contribution in [0.15, 0.2) is 42.5 Å². The molecule has 0 spiro atoms. The molecule has 1 amide bonds. The van der Waals surface area contributed by atoms with E-state index in [9.17, 15) is 9.18 Å². The molecule has 0 bridgehead atoms. The maximum atomic E-state index is 13.9. The van der Waals surface area contributed by atoms with Gasteiger partial charge in [0, 0.05) is 38.4 Å². The van der Waals surface area contributed by atoms with Crippen LogP contribution in [0.5, 0.6) is 5.75 Å². The zero-order valence-corrected chi connectivity index (χ0v) is 17.5. The number of amides is 1. The lowest BCUT2D eigenvalue weighted by molar-refractivity contribution is -0.117. The second kappa shape index (κ2) is 9.85. The topological polar surface area (TPSA) is 44.8 Å². The van der Waals surface area contributed by atoms with Gasteiger partial charge in [-0.3, -0.25) is 14.6 Å². The minimum absolute atomic E-state index is 0.0174. The van der Waals surface area contributed by atoms with E-state index >= 15 is 0 Å². The van der Waals surface area contributed by atoms with Gasteiger partial charge in [0.25, 0.3) is 0 Å². The molecule has 5 nitrogen and oxygen atoms in total. The molecular formula is C23H30FN3O2. The number of carbonyl (C=O) groups excluding carboxylic acids is 1. The number of piperazine rings is 1. The van der Waals surface area contributed by atoms with Gasteiger partial charge in [-0.25, -0.2) is 4.39 Å². The Balaban J connectivity index is 1.47. The van der Waals surface area contributed by atoms with Crippen molar-refractivity contribution in [3.8, 4) is 5.75 Å². The molecular weight excluding hydrogens is 369 g/mol. The summed E-state index contributed by atoms with van der Waals surface area (Å²) in [6.45, 7) is 8.67. The third-order valence-corrected chi connectivity index (χ3v) is 5.31. The molecule has 0 saturated carbocycles. The number of hydrogen-bond acceptors (Lipinski definition) is 4. The van der Waals surface area contributed by atoms with Gasteiger partial charge in [0.15, 0.2) is 11.6 Å². The van der Waals surface area contributed by atoms with Crippen molar-refractivity contribution in [2.45, 2.75) is 26.3 Å². The van der Waals surface area contributed by atoms with Crippen LogP contribution in [0, 0.1) is 5.82 Å². The lowest BCUT2D eigenvalue weighted by Crippen LogP contribution is -2.48. The van der Waals surface area contributed by atoms with Crippen LogP contribution in [-0.4, -0.2) is 55.5 Å². The van der Waals surface area contributed by atoms with Gasteiger partial charge in [0.2, 0.25) is 5.91 Å². The van der Waals surface area contributed by atoms with Crippen LogP contribution in [0.4, 0.5) is 10.1 Å². The van der Waals surface area contributed by atoms with E-state index in [-0.39, 0.29) is 17.5 Å². The third-order valence-electron chi connectivity index (χ3n) is 5.31. The Morgan fingerprint density at radius 1 is 1.10 bits per heavy atom. The van der Waals surface area contributed by atoms with E-state index in [2.05, 4.69) is 35.0 Å². The van der Waals surface area contributed by atoms with Crippen molar-refractivity contribution in [2.24, 2.45) is 0 Å². The molecule has 2 aromatic rings. The molecule has 1 heterocycles. The van der Waals surface area contributed by atoms with Gasteiger partial charge in [-0.05, 0) is 35.2 Å². The van der Waals surface area contributed by atoms with E-state index in [1.54, 1.807) is 6.07 Å². The highest BCUT2D eigenvalue weighted by atomic mass is 19.1. The standard InChI is InChI=1S/C23H30FN3O2/c1-17(2)19-6-4-5-7-21(19)25-23(28)16-27-12-10-26(11-13-27)15-18-8-9-22(29-3)20(24)14-18/h4-9,14,17H,10-13,15-16H2,1-3H3,(H,25,28). The second-order valence-electron chi connectivity index (χ2n) is 7.81. The van der Waals surface area contributed by atoms with Crippen LogP contribution in [0.25, 0.3) is 0 Å². The Morgan fingerprint density at radius 3 is 2.45 bits per heavy atom. The number of methoxy groups -OCH3 is 1. The second-order valence-corrected chi connectivity index (χ2v) is 7.81. The van der Waals surface area contributed by atoms with Crippen molar-refractivity contribution in [3.63, 3.8) is 0 Å². The summed E-state index contributed by atoms with van der Waals surface area (Å²) in [6.07, 6.45) is 0. The predicted octanol–water partition coefficient (Wildman–Crippen LogP) is 3.71. The molecule has 1 aliphatic rings. The van der Waals surface area contributed by atoms with Crippen molar-refractivity contribution >= 4 is 11.6 Å². The summed E-state index contributed by atoms with van der Waals surface area (Å²) in [5, 5.41) is 3.06. The van der Waals surface area contributed by atoms with Gasteiger partial charge >= 0.3 is 0 Å². The van der Waals surface area contributed by atoms with E-state index in [1.165, 1.54) is 13.2 Å². The Morgan fingerprint density at radius 2 is 1.79 bits per heavy atom. The lowest BCUT2D eigenvalue weighted by Gasteiger charge is -2.34. The summed E-state index contributed by atoms with van der Waals surface area (Å²) in [4.78, 5) is 17.0. The monoisotopic (exact) mass is 399 g/mol. The molecule has 0 radical (unpaired) electrons. The highest BCUT2D eigenvalue weighted by molar-refractivity contribution is 5.93. The molecule has 3 rings (SSSR count). The van der Waals surface area contributed by atoms with E-state index in [4.69, 9.17) is 4.74 Å². The van der Waals surface area contributed by atoms with Crippen molar-refractivity contribution < 1.29 is 13.9 Å². The first kappa shape index (κ1) is 21.3. The maximum Gasteiger partial charge on any atom is 0.238 e. The fraction of sp³-hybridized carbons (Fsp3) is 0.435. The van der Waals surface area contributed by atoms with E-state index in [0.29, 0.717) is 19.0 Å². The van der Waals surface area contributed by atoms with Crippen molar-refractivity contribution in [2.75, 3.05) is 45.2 Å². The zero-order valence-electron chi connectivity index (χ0n) is 17.5. The number of anilines is 1. The number of carbonyl (C=O) groups is 1. The van der Waals surface area contributed by atoms with Crippen LogP contribution in [-0.2, 0) is 11.3 Å². The molecule has 0 unspecified atom stereocenters. The first-order chi connectivity index (χ1) is 14.0. The molecule has 0 aliphatic carbocycles. The summed E-state index contributed by atoms with van der Waals surface area (Å²) in [5.41, 5.74) is 2.98. The largest absolute Gasteiger partial charge is 0.494 e. The van der Waals surface area contributed by atoms with Crippen LogP contribution >= 0.6 is 0 Å².